The summed E-state index contributed by atoms with van der Waals surface area (Å²) in [4.78, 5) is 2.23. The lowest BCUT2D eigenvalue weighted by molar-refractivity contribution is 0.258. The normalized spacial score (nSPS) is 10.6. The quantitative estimate of drug-likeness (QED) is 0.731. The summed E-state index contributed by atoms with van der Waals surface area (Å²) in [6, 6.07) is 9.45. The Kier molecular flexibility index (Phi) is 5.35. The maximum absolute atomic E-state index is 8.98. The van der Waals surface area contributed by atoms with Crippen molar-refractivity contribution in [3.63, 3.8) is 0 Å². The zero-order valence-electron chi connectivity index (χ0n) is 12.5. The van der Waals surface area contributed by atoms with E-state index in [0.717, 1.165) is 19.5 Å². The van der Waals surface area contributed by atoms with Crippen molar-refractivity contribution >= 4 is 0 Å². The molecule has 2 aromatic rings. The molecule has 1 aromatic heterocycles. The first-order chi connectivity index (χ1) is 10.2. The molecule has 21 heavy (non-hydrogen) atoms. The molecule has 0 bridgehead atoms. The number of hydrogen-bond acceptors (Lipinski definition) is 4. The van der Waals surface area contributed by atoms with Gasteiger partial charge in [-0.25, -0.2) is 0 Å². The van der Waals surface area contributed by atoms with Crippen LogP contribution in [-0.2, 0) is 13.6 Å². The van der Waals surface area contributed by atoms with Crippen LogP contribution in [0.5, 0.6) is 5.75 Å². The van der Waals surface area contributed by atoms with E-state index in [-0.39, 0.29) is 0 Å². The lowest BCUT2D eigenvalue weighted by Crippen LogP contribution is -2.20. The largest absolute Gasteiger partial charge is 0.492 e. The van der Waals surface area contributed by atoms with E-state index in [4.69, 9.17) is 10.00 Å². The molecule has 0 radical (unpaired) electrons. The molecular formula is C16H20N4O. The molecule has 5 heteroatoms. The molecule has 0 aliphatic carbocycles. The fourth-order valence-corrected chi connectivity index (χ4v) is 2.15. The Balaban J connectivity index is 1.71. The lowest BCUT2D eigenvalue weighted by atomic mass is 10.2. The van der Waals surface area contributed by atoms with Crippen LogP contribution in [0.2, 0.25) is 0 Å². The Morgan fingerprint density at radius 2 is 2.19 bits per heavy atom. The zero-order valence-corrected chi connectivity index (χ0v) is 12.5. The highest BCUT2D eigenvalue weighted by molar-refractivity contribution is 5.42. The molecule has 2 rings (SSSR count). The summed E-state index contributed by atoms with van der Waals surface area (Å²) in [5.41, 5.74) is 1.79. The van der Waals surface area contributed by atoms with E-state index in [1.54, 1.807) is 6.07 Å². The van der Waals surface area contributed by atoms with Crippen molar-refractivity contribution in [3.05, 3.63) is 47.8 Å². The molecule has 0 N–H and O–H groups in total. The van der Waals surface area contributed by atoms with Gasteiger partial charge in [-0.1, -0.05) is 12.1 Å². The van der Waals surface area contributed by atoms with Crippen molar-refractivity contribution in [1.82, 2.24) is 14.7 Å². The van der Waals surface area contributed by atoms with Crippen molar-refractivity contribution < 1.29 is 4.74 Å². The smallest absolute Gasteiger partial charge is 0.137 e. The Hall–Kier alpha value is -2.32. The summed E-state index contributed by atoms with van der Waals surface area (Å²) in [7, 11) is 4.00. The Morgan fingerprint density at radius 1 is 1.38 bits per heavy atom. The van der Waals surface area contributed by atoms with Gasteiger partial charge in [-0.3, -0.25) is 4.68 Å². The highest BCUT2D eigenvalue weighted by Gasteiger charge is 2.04. The molecule has 0 spiro atoms. The monoisotopic (exact) mass is 284 g/mol. The first-order valence-electron chi connectivity index (χ1n) is 6.97. The van der Waals surface area contributed by atoms with Gasteiger partial charge in [0, 0.05) is 31.9 Å². The van der Waals surface area contributed by atoms with Gasteiger partial charge in [-0.15, -0.1) is 0 Å². The van der Waals surface area contributed by atoms with Crippen LogP contribution in [0.4, 0.5) is 0 Å². The molecule has 0 unspecified atom stereocenters. The number of nitrogens with zero attached hydrogens (tertiary/aromatic N) is 4. The van der Waals surface area contributed by atoms with Gasteiger partial charge < -0.3 is 9.64 Å². The van der Waals surface area contributed by atoms with E-state index in [9.17, 15) is 0 Å². The van der Waals surface area contributed by atoms with Gasteiger partial charge in [-0.2, -0.15) is 10.4 Å². The lowest BCUT2D eigenvalue weighted by Gasteiger charge is -2.15. The Bertz CT molecular complexity index is 615. The number of para-hydroxylation sites is 1. The van der Waals surface area contributed by atoms with Gasteiger partial charge in [0.25, 0.3) is 0 Å². The van der Waals surface area contributed by atoms with Crippen LogP contribution < -0.4 is 4.74 Å². The Morgan fingerprint density at radius 3 is 2.90 bits per heavy atom. The van der Waals surface area contributed by atoms with Crippen LogP contribution in [0, 0.1) is 11.3 Å². The van der Waals surface area contributed by atoms with Crippen molar-refractivity contribution in [1.29, 1.82) is 5.26 Å². The molecule has 0 saturated carbocycles. The molecule has 110 valence electrons. The molecular weight excluding hydrogens is 264 g/mol. The third-order valence-corrected chi connectivity index (χ3v) is 3.16. The topological polar surface area (TPSA) is 54.1 Å². The minimum Gasteiger partial charge on any atom is -0.492 e. The number of aromatic nitrogens is 2. The van der Waals surface area contributed by atoms with Gasteiger partial charge in [-0.05, 0) is 25.6 Å². The second kappa shape index (κ2) is 7.46. The standard InChI is InChI=1S/C16H20N4O/c1-19(12-14-11-18-20(2)13-14)8-5-9-21-16-7-4-3-6-15(16)10-17/h3-4,6-7,11,13H,5,8-9,12H2,1-2H3. The van der Waals surface area contributed by atoms with Crippen LogP contribution in [0.15, 0.2) is 36.7 Å². The van der Waals surface area contributed by atoms with Crippen molar-refractivity contribution in [3.8, 4) is 11.8 Å². The van der Waals surface area contributed by atoms with E-state index in [2.05, 4.69) is 23.1 Å². The van der Waals surface area contributed by atoms with Gasteiger partial charge in [0.05, 0.1) is 18.4 Å². The van der Waals surface area contributed by atoms with Gasteiger partial charge in [0.1, 0.15) is 11.8 Å². The fraction of sp³-hybridized carbons (Fsp3) is 0.375. The van der Waals surface area contributed by atoms with Crippen LogP contribution in [0.25, 0.3) is 0 Å². The van der Waals surface area contributed by atoms with E-state index in [0.29, 0.717) is 17.9 Å². The van der Waals surface area contributed by atoms with E-state index < -0.39 is 0 Å². The van der Waals surface area contributed by atoms with Gasteiger partial charge in [0.2, 0.25) is 0 Å². The summed E-state index contributed by atoms with van der Waals surface area (Å²) in [6.07, 6.45) is 4.82. The number of aryl methyl sites for hydroxylation is 1. The highest BCUT2D eigenvalue weighted by Crippen LogP contribution is 2.16. The number of hydrogen-bond donors (Lipinski definition) is 0. The summed E-state index contributed by atoms with van der Waals surface area (Å²) in [5, 5.41) is 13.1. The fourth-order valence-electron chi connectivity index (χ4n) is 2.15. The third-order valence-electron chi connectivity index (χ3n) is 3.16. The minimum atomic E-state index is 0.584. The SMILES string of the molecule is CN(CCCOc1ccccc1C#N)Cc1cnn(C)c1. The maximum Gasteiger partial charge on any atom is 0.137 e. The zero-order chi connectivity index (χ0) is 15.1. The predicted octanol–water partition coefficient (Wildman–Crippen LogP) is 2.19. The van der Waals surface area contributed by atoms with Crippen molar-refractivity contribution in [2.45, 2.75) is 13.0 Å². The summed E-state index contributed by atoms with van der Waals surface area (Å²) < 4.78 is 7.48. The second-order valence-electron chi connectivity index (χ2n) is 5.07. The van der Waals surface area contributed by atoms with Crippen molar-refractivity contribution in [2.75, 3.05) is 20.2 Å². The number of rotatable bonds is 7. The predicted molar refractivity (Wildman–Crippen MR) is 80.8 cm³/mol. The summed E-state index contributed by atoms with van der Waals surface area (Å²) in [5.74, 6) is 0.662. The second-order valence-corrected chi connectivity index (χ2v) is 5.07. The Labute approximate surface area is 125 Å². The number of nitriles is 1. The van der Waals surface area contributed by atoms with Crippen LogP contribution >= 0.6 is 0 Å². The van der Waals surface area contributed by atoms with E-state index >= 15 is 0 Å². The van der Waals surface area contributed by atoms with E-state index in [1.807, 2.05) is 42.3 Å². The van der Waals surface area contributed by atoms with Crippen molar-refractivity contribution in [2.24, 2.45) is 7.05 Å². The average Bonchev–Trinajstić information content (AvgIpc) is 2.89. The average molecular weight is 284 g/mol. The molecule has 1 aromatic carbocycles. The summed E-state index contributed by atoms with van der Waals surface area (Å²) in [6.45, 7) is 2.42. The molecule has 1 heterocycles. The van der Waals surface area contributed by atoms with Gasteiger partial charge in [0.15, 0.2) is 0 Å². The summed E-state index contributed by atoms with van der Waals surface area (Å²) >= 11 is 0. The first-order valence-corrected chi connectivity index (χ1v) is 6.97. The molecule has 0 aliphatic rings. The van der Waals surface area contributed by atoms with E-state index in [1.165, 1.54) is 5.56 Å². The molecule has 0 amide bonds. The third kappa shape index (κ3) is 4.62. The molecule has 0 fully saturated rings. The molecule has 0 aliphatic heterocycles. The van der Waals surface area contributed by atoms with Gasteiger partial charge >= 0.3 is 0 Å². The first kappa shape index (κ1) is 15.1. The number of benzene rings is 1. The minimum absolute atomic E-state index is 0.584. The number of ether oxygens (including phenoxy) is 1. The van der Waals surface area contributed by atoms with Crippen LogP contribution in [0.3, 0.4) is 0 Å². The molecule has 5 nitrogen and oxygen atoms in total. The maximum atomic E-state index is 8.98. The molecule has 0 atom stereocenters. The van der Waals surface area contributed by atoms with Crippen LogP contribution in [0.1, 0.15) is 17.5 Å². The van der Waals surface area contributed by atoms with Crippen LogP contribution in [-0.4, -0.2) is 34.9 Å². The highest BCUT2D eigenvalue weighted by atomic mass is 16.5. The molecule has 0 saturated heterocycles.